The minimum atomic E-state index is -0.331. The smallest absolute Gasteiger partial charge is 0.109 e. The van der Waals surface area contributed by atoms with Crippen LogP contribution in [0.3, 0.4) is 0 Å². The third-order valence-corrected chi connectivity index (χ3v) is 3.72. The van der Waals surface area contributed by atoms with Crippen LogP contribution in [-0.2, 0) is 0 Å². The zero-order chi connectivity index (χ0) is 11.4. The fourth-order valence-electron chi connectivity index (χ4n) is 2.12. The van der Waals surface area contributed by atoms with Gasteiger partial charge >= 0.3 is 0 Å². The van der Waals surface area contributed by atoms with Crippen LogP contribution in [0.25, 0.3) is 0 Å². The molecule has 0 saturated carbocycles. The number of alkyl halides is 1. The quantitative estimate of drug-likeness (QED) is 0.920. The lowest BCUT2D eigenvalue weighted by Gasteiger charge is -2.34. The van der Waals surface area contributed by atoms with Crippen molar-refractivity contribution in [2.24, 2.45) is 0 Å². The molecule has 0 unspecified atom stereocenters. The lowest BCUT2D eigenvalue weighted by Crippen LogP contribution is -2.45. The summed E-state index contributed by atoms with van der Waals surface area (Å²) in [5.41, 5.74) is 1.05. The van der Waals surface area contributed by atoms with Crippen LogP contribution < -0.4 is 5.32 Å². The summed E-state index contributed by atoms with van der Waals surface area (Å²) in [6.45, 7) is 3.39. The highest BCUT2D eigenvalue weighted by molar-refractivity contribution is 9.10. The van der Waals surface area contributed by atoms with Crippen molar-refractivity contribution in [2.45, 2.75) is 6.04 Å². The molecule has 2 nitrogen and oxygen atoms in total. The molecule has 1 aromatic carbocycles. The van der Waals surface area contributed by atoms with Gasteiger partial charge in [0.15, 0.2) is 0 Å². The van der Waals surface area contributed by atoms with Gasteiger partial charge in [0, 0.05) is 30.7 Å². The number of halogens is 3. The normalized spacial score (nSPS) is 18.5. The summed E-state index contributed by atoms with van der Waals surface area (Å²) in [6.07, 6.45) is 0. The standard InChI is InChI=1S/C12H16BrFN2.ClH/c13-11-4-2-1-3-10(11)12(9-14)16-7-5-15-6-8-16;/h1-4,12,15H,5-9H2;1H/t12-;/m0./s1. The molecule has 17 heavy (non-hydrogen) atoms. The van der Waals surface area contributed by atoms with Crippen molar-refractivity contribution < 1.29 is 4.39 Å². The number of benzene rings is 1. The molecule has 1 aromatic rings. The molecule has 0 aliphatic carbocycles. The molecule has 0 spiro atoms. The van der Waals surface area contributed by atoms with E-state index in [-0.39, 0.29) is 25.1 Å². The Morgan fingerprint density at radius 1 is 1.29 bits per heavy atom. The second-order valence-electron chi connectivity index (χ2n) is 3.98. The first-order chi connectivity index (χ1) is 7.83. The van der Waals surface area contributed by atoms with Crippen LogP contribution in [0.5, 0.6) is 0 Å². The minimum absolute atomic E-state index is 0. The molecule has 1 fully saturated rings. The van der Waals surface area contributed by atoms with E-state index in [0.717, 1.165) is 36.2 Å². The maximum absolute atomic E-state index is 13.2. The second kappa shape index (κ2) is 7.31. The highest BCUT2D eigenvalue weighted by atomic mass is 79.9. The fraction of sp³-hybridized carbons (Fsp3) is 0.500. The lowest BCUT2D eigenvalue weighted by atomic mass is 10.1. The number of rotatable bonds is 3. The third-order valence-electron chi connectivity index (χ3n) is 3.00. The predicted molar refractivity (Wildman–Crippen MR) is 74.5 cm³/mol. The van der Waals surface area contributed by atoms with Gasteiger partial charge in [-0.25, -0.2) is 4.39 Å². The third kappa shape index (κ3) is 3.65. The molecule has 1 aliphatic rings. The van der Waals surface area contributed by atoms with E-state index in [9.17, 15) is 4.39 Å². The highest BCUT2D eigenvalue weighted by Crippen LogP contribution is 2.28. The van der Waals surface area contributed by atoms with Crippen molar-refractivity contribution in [1.29, 1.82) is 0 Å². The van der Waals surface area contributed by atoms with Gasteiger partial charge in [0.25, 0.3) is 0 Å². The molecule has 0 bridgehead atoms. The lowest BCUT2D eigenvalue weighted by molar-refractivity contribution is 0.147. The van der Waals surface area contributed by atoms with Crippen molar-refractivity contribution in [2.75, 3.05) is 32.9 Å². The van der Waals surface area contributed by atoms with Gasteiger partial charge in [0.05, 0.1) is 6.04 Å². The van der Waals surface area contributed by atoms with Crippen LogP contribution in [0.4, 0.5) is 4.39 Å². The van der Waals surface area contributed by atoms with Crippen molar-refractivity contribution in [3.63, 3.8) is 0 Å². The van der Waals surface area contributed by atoms with Gasteiger partial charge in [-0.1, -0.05) is 34.1 Å². The van der Waals surface area contributed by atoms with Crippen LogP contribution in [-0.4, -0.2) is 37.8 Å². The fourth-order valence-corrected chi connectivity index (χ4v) is 2.67. The summed E-state index contributed by atoms with van der Waals surface area (Å²) in [7, 11) is 0. The topological polar surface area (TPSA) is 15.3 Å². The first-order valence-electron chi connectivity index (χ1n) is 5.58. The van der Waals surface area contributed by atoms with Gasteiger partial charge in [-0.2, -0.15) is 0 Å². The summed E-state index contributed by atoms with van der Waals surface area (Å²) in [5, 5.41) is 3.28. The van der Waals surface area contributed by atoms with Crippen LogP contribution in [0.1, 0.15) is 11.6 Å². The van der Waals surface area contributed by atoms with Gasteiger partial charge in [0.2, 0.25) is 0 Å². The Morgan fingerprint density at radius 2 is 1.94 bits per heavy atom. The van der Waals surface area contributed by atoms with E-state index in [0.29, 0.717) is 0 Å². The number of nitrogens with one attached hydrogen (secondary N) is 1. The first kappa shape index (κ1) is 14.9. The molecular formula is C12H17BrClFN2. The van der Waals surface area contributed by atoms with Gasteiger partial charge in [-0.15, -0.1) is 12.4 Å². The molecule has 0 radical (unpaired) electrons. The molecule has 1 aliphatic heterocycles. The van der Waals surface area contributed by atoms with Crippen molar-refractivity contribution >= 4 is 28.3 Å². The summed E-state index contributed by atoms with van der Waals surface area (Å²) in [5.74, 6) is 0. The summed E-state index contributed by atoms with van der Waals surface area (Å²) >= 11 is 3.50. The molecule has 1 heterocycles. The van der Waals surface area contributed by atoms with Gasteiger partial charge < -0.3 is 5.32 Å². The molecule has 2 rings (SSSR count). The van der Waals surface area contributed by atoms with Crippen LogP contribution in [0, 0.1) is 0 Å². The van der Waals surface area contributed by atoms with E-state index in [2.05, 4.69) is 26.1 Å². The summed E-state index contributed by atoms with van der Waals surface area (Å²) < 4.78 is 14.2. The SMILES string of the molecule is Cl.FC[C@@H](c1ccccc1Br)N1CCNCC1. The van der Waals surface area contributed by atoms with E-state index >= 15 is 0 Å². The molecular weight excluding hydrogens is 307 g/mol. The average Bonchev–Trinajstić information content (AvgIpc) is 2.34. The summed E-state index contributed by atoms with van der Waals surface area (Å²) in [4.78, 5) is 2.20. The van der Waals surface area contributed by atoms with E-state index in [1.165, 1.54) is 0 Å². The zero-order valence-electron chi connectivity index (χ0n) is 9.53. The van der Waals surface area contributed by atoms with Crippen LogP contribution >= 0.6 is 28.3 Å². The largest absolute Gasteiger partial charge is 0.314 e. The van der Waals surface area contributed by atoms with Gasteiger partial charge in [-0.05, 0) is 11.6 Å². The van der Waals surface area contributed by atoms with Crippen LogP contribution in [0.15, 0.2) is 28.7 Å². The van der Waals surface area contributed by atoms with Gasteiger partial charge in [-0.3, -0.25) is 4.90 Å². The zero-order valence-corrected chi connectivity index (χ0v) is 11.9. The van der Waals surface area contributed by atoms with E-state index < -0.39 is 0 Å². The molecule has 1 atom stereocenters. The molecule has 0 amide bonds. The van der Waals surface area contributed by atoms with E-state index in [1.54, 1.807) is 0 Å². The average molecular weight is 324 g/mol. The molecule has 1 N–H and O–H groups in total. The minimum Gasteiger partial charge on any atom is -0.314 e. The molecule has 96 valence electrons. The number of hydrogen-bond donors (Lipinski definition) is 1. The number of hydrogen-bond acceptors (Lipinski definition) is 2. The molecule has 1 saturated heterocycles. The second-order valence-corrected chi connectivity index (χ2v) is 4.83. The first-order valence-corrected chi connectivity index (χ1v) is 6.37. The monoisotopic (exact) mass is 322 g/mol. The maximum Gasteiger partial charge on any atom is 0.109 e. The van der Waals surface area contributed by atoms with E-state index in [4.69, 9.17) is 0 Å². The van der Waals surface area contributed by atoms with Crippen molar-refractivity contribution in [3.05, 3.63) is 34.3 Å². The number of nitrogens with zero attached hydrogens (tertiary/aromatic N) is 1. The van der Waals surface area contributed by atoms with Crippen molar-refractivity contribution in [3.8, 4) is 0 Å². The Kier molecular flexibility index (Phi) is 6.41. The Hall–Kier alpha value is -0.160. The van der Waals surface area contributed by atoms with Crippen LogP contribution in [0.2, 0.25) is 0 Å². The molecule has 5 heteroatoms. The predicted octanol–water partition coefficient (Wildman–Crippen LogP) is 2.79. The Bertz CT molecular complexity index is 345. The Labute approximate surface area is 116 Å². The highest BCUT2D eigenvalue weighted by Gasteiger charge is 2.23. The van der Waals surface area contributed by atoms with E-state index in [1.807, 2.05) is 24.3 Å². The Balaban J connectivity index is 0.00000144. The summed E-state index contributed by atoms with van der Waals surface area (Å²) in [6, 6.07) is 7.78. The molecule has 0 aromatic heterocycles. The number of piperazine rings is 1. The van der Waals surface area contributed by atoms with Gasteiger partial charge in [0.1, 0.15) is 6.67 Å². The van der Waals surface area contributed by atoms with Crippen molar-refractivity contribution in [1.82, 2.24) is 10.2 Å². The Morgan fingerprint density at radius 3 is 2.53 bits per heavy atom. The maximum atomic E-state index is 13.2.